The zero-order valence-electron chi connectivity index (χ0n) is 11.1. The van der Waals surface area contributed by atoms with E-state index in [0.29, 0.717) is 5.41 Å². The van der Waals surface area contributed by atoms with Crippen LogP contribution >= 0.6 is 0 Å². The summed E-state index contributed by atoms with van der Waals surface area (Å²) < 4.78 is 5.59. The minimum Gasteiger partial charge on any atom is -0.380 e. The Hall–Kier alpha value is -0.120. The van der Waals surface area contributed by atoms with Crippen LogP contribution in [0.2, 0.25) is 0 Å². The number of piperidine rings is 1. The maximum Gasteiger partial charge on any atom is 0.0547 e. The Balaban J connectivity index is 1.60. The summed E-state index contributed by atoms with van der Waals surface area (Å²) in [6.07, 6.45) is 5.57. The van der Waals surface area contributed by atoms with Gasteiger partial charge in [0.05, 0.1) is 13.2 Å². The third-order valence-electron chi connectivity index (χ3n) is 5.22. The smallest absolute Gasteiger partial charge is 0.0547 e. The van der Waals surface area contributed by atoms with Crippen molar-refractivity contribution in [2.75, 3.05) is 46.4 Å². The monoisotopic (exact) mass is 238 g/mol. The molecule has 0 spiro atoms. The average molecular weight is 238 g/mol. The molecule has 3 aliphatic heterocycles. The summed E-state index contributed by atoms with van der Waals surface area (Å²) in [5.74, 6) is 1.84. The summed E-state index contributed by atoms with van der Waals surface area (Å²) in [4.78, 5) is 2.47. The van der Waals surface area contributed by atoms with Gasteiger partial charge in [-0.3, -0.25) is 0 Å². The molecule has 1 N–H and O–H groups in total. The van der Waals surface area contributed by atoms with Crippen molar-refractivity contribution in [3.8, 4) is 0 Å². The van der Waals surface area contributed by atoms with E-state index in [0.717, 1.165) is 25.0 Å². The molecule has 0 bridgehead atoms. The number of rotatable bonds is 3. The van der Waals surface area contributed by atoms with Crippen LogP contribution < -0.4 is 5.32 Å². The third-order valence-corrected chi connectivity index (χ3v) is 5.22. The van der Waals surface area contributed by atoms with Crippen LogP contribution in [-0.4, -0.2) is 51.3 Å². The van der Waals surface area contributed by atoms with Crippen molar-refractivity contribution in [3.63, 3.8) is 0 Å². The molecule has 3 nitrogen and oxygen atoms in total. The fourth-order valence-electron chi connectivity index (χ4n) is 3.97. The van der Waals surface area contributed by atoms with Crippen LogP contribution in [0, 0.1) is 17.3 Å². The maximum absolute atomic E-state index is 5.59. The zero-order valence-corrected chi connectivity index (χ0v) is 11.1. The van der Waals surface area contributed by atoms with Crippen LogP contribution in [0.3, 0.4) is 0 Å². The molecule has 3 saturated heterocycles. The molecule has 0 saturated carbocycles. The Morgan fingerprint density at radius 3 is 2.53 bits per heavy atom. The highest BCUT2D eigenvalue weighted by Crippen LogP contribution is 2.46. The summed E-state index contributed by atoms with van der Waals surface area (Å²) in [6.45, 7) is 7.13. The van der Waals surface area contributed by atoms with Crippen LogP contribution in [0.15, 0.2) is 0 Å². The SMILES string of the molecule is CN1CCC(C2(CC3CCNC3)COC2)CC1. The van der Waals surface area contributed by atoms with E-state index in [-0.39, 0.29) is 0 Å². The number of nitrogens with one attached hydrogen (secondary N) is 1. The van der Waals surface area contributed by atoms with E-state index in [1.54, 1.807) is 0 Å². The molecule has 0 aliphatic carbocycles. The summed E-state index contributed by atoms with van der Waals surface area (Å²) in [5.41, 5.74) is 0.554. The van der Waals surface area contributed by atoms with Gasteiger partial charge in [0, 0.05) is 5.41 Å². The van der Waals surface area contributed by atoms with Crippen molar-refractivity contribution in [2.45, 2.75) is 25.7 Å². The molecule has 0 aromatic heterocycles. The lowest BCUT2D eigenvalue weighted by atomic mass is 9.65. The molecule has 3 fully saturated rings. The van der Waals surface area contributed by atoms with Gasteiger partial charge in [-0.05, 0) is 70.7 Å². The van der Waals surface area contributed by atoms with E-state index in [1.165, 1.54) is 51.9 Å². The summed E-state index contributed by atoms with van der Waals surface area (Å²) in [5, 5.41) is 3.50. The van der Waals surface area contributed by atoms with E-state index in [1.807, 2.05) is 0 Å². The number of ether oxygens (including phenoxy) is 1. The molecule has 3 heterocycles. The van der Waals surface area contributed by atoms with Crippen molar-refractivity contribution in [1.82, 2.24) is 10.2 Å². The molecular weight excluding hydrogens is 212 g/mol. The van der Waals surface area contributed by atoms with Crippen LogP contribution in [-0.2, 0) is 4.74 Å². The molecule has 3 heteroatoms. The van der Waals surface area contributed by atoms with E-state index in [2.05, 4.69) is 17.3 Å². The molecule has 1 unspecified atom stereocenters. The number of nitrogens with zero attached hydrogens (tertiary/aromatic N) is 1. The molecule has 0 aromatic carbocycles. The third kappa shape index (κ3) is 2.38. The van der Waals surface area contributed by atoms with Gasteiger partial charge in [-0.15, -0.1) is 0 Å². The van der Waals surface area contributed by atoms with E-state index in [4.69, 9.17) is 4.74 Å². The number of hydrogen-bond donors (Lipinski definition) is 1. The Morgan fingerprint density at radius 1 is 1.24 bits per heavy atom. The van der Waals surface area contributed by atoms with Gasteiger partial charge < -0.3 is 15.0 Å². The second-order valence-electron chi connectivity index (χ2n) is 6.50. The van der Waals surface area contributed by atoms with Crippen LogP contribution in [0.25, 0.3) is 0 Å². The molecule has 0 radical (unpaired) electrons. The topological polar surface area (TPSA) is 24.5 Å². The molecule has 0 amide bonds. The van der Waals surface area contributed by atoms with Crippen molar-refractivity contribution >= 4 is 0 Å². The highest BCUT2D eigenvalue weighted by Gasteiger charge is 2.47. The van der Waals surface area contributed by atoms with Crippen molar-refractivity contribution in [2.24, 2.45) is 17.3 Å². The Kier molecular flexibility index (Phi) is 3.42. The Morgan fingerprint density at radius 2 is 2.00 bits per heavy atom. The first-order chi connectivity index (χ1) is 8.28. The van der Waals surface area contributed by atoms with Crippen molar-refractivity contribution in [3.05, 3.63) is 0 Å². The minimum atomic E-state index is 0.554. The highest BCUT2D eigenvalue weighted by molar-refractivity contribution is 4.96. The van der Waals surface area contributed by atoms with Gasteiger partial charge >= 0.3 is 0 Å². The quantitative estimate of drug-likeness (QED) is 0.803. The first-order valence-electron chi connectivity index (χ1n) is 7.25. The predicted molar refractivity (Wildman–Crippen MR) is 69.1 cm³/mol. The average Bonchev–Trinajstić information content (AvgIpc) is 2.77. The number of likely N-dealkylation sites (tertiary alicyclic amines) is 1. The van der Waals surface area contributed by atoms with Gasteiger partial charge in [-0.1, -0.05) is 0 Å². The summed E-state index contributed by atoms with van der Waals surface area (Å²) in [7, 11) is 2.25. The van der Waals surface area contributed by atoms with E-state index < -0.39 is 0 Å². The highest BCUT2D eigenvalue weighted by atomic mass is 16.5. The van der Waals surface area contributed by atoms with Gasteiger partial charge in [-0.2, -0.15) is 0 Å². The molecule has 3 rings (SSSR count). The van der Waals surface area contributed by atoms with Crippen LogP contribution in [0.1, 0.15) is 25.7 Å². The van der Waals surface area contributed by atoms with Gasteiger partial charge in [0.2, 0.25) is 0 Å². The zero-order chi connectivity index (χ0) is 11.7. The van der Waals surface area contributed by atoms with E-state index in [9.17, 15) is 0 Å². The molecular formula is C14H26N2O. The van der Waals surface area contributed by atoms with Gasteiger partial charge in [0.15, 0.2) is 0 Å². The lowest BCUT2D eigenvalue weighted by molar-refractivity contribution is -0.164. The lowest BCUT2D eigenvalue weighted by Gasteiger charge is -2.51. The summed E-state index contributed by atoms with van der Waals surface area (Å²) in [6, 6.07) is 0. The maximum atomic E-state index is 5.59. The molecule has 3 aliphatic rings. The van der Waals surface area contributed by atoms with Gasteiger partial charge in [0.25, 0.3) is 0 Å². The number of hydrogen-bond acceptors (Lipinski definition) is 3. The van der Waals surface area contributed by atoms with Crippen LogP contribution in [0.4, 0.5) is 0 Å². The first kappa shape index (κ1) is 11.9. The Bertz CT molecular complexity index is 251. The molecule has 1 atom stereocenters. The van der Waals surface area contributed by atoms with Crippen molar-refractivity contribution in [1.29, 1.82) is 0 Å². The first-order valence-corrected chi connectivity index (χ1v) is 7.25. The fourth-order valence-corrected chi connectivity index (χ4v) is 3.97. The minimum absolute atomic E-state index is 0.554. The standard InChI is InChI=1S/C14H26N2O/c1-16-6-3-13(4-7-16)14(10-17-11-14)8-12-2-5-15-9-12/h12-13,15H,2-11H2,1H3. The van der Waals surface area contributed by atoms with E-state index >= 15 is 0 Å². The predicted octanol–water partition coefficient (Wildman–Crippen LogP) is 1.34. The molecule has 98 valence electrons. The summed E-state index contributed by atoms with van der Waals surface area (Å²) >= 11 is 0. The normalized spacial score (nSPS) is 34.8. The van der Waals surface area contributed by atoms with Gasteiger partial charge in [0.1, 0.15) is 0 Å². The fraction of sp³-hybridized carbons (Fsp3) is 1.00. The van der Waals surface area contributed by atoms with Gasteiger partial charge in [-0.25, -0.2) is 0 Å². The second kappa shape index (κ2) is 4.87. The van der Waals surface area contributed by atoms with Crippen LogP contribution in [0.5, 0.6) is 0 Å². The second-order valence-corrected chi connectivity index (χ2v) is 6.50. The largest absolute Gasteiger partial charge is 0.380 e. The lowest BCUT2D eigenvalue weighted by Crippen LogP contribution is -2.52. The molecule has 0 aromatic rings. The Labute approximate surface area is 105 Å². The van der Waals surface area contributed by atoms with Crippen molar-refractivity contribution < 1.29 is 4.74 Å². The molecule has 17 heavy (non-hydrogen) atoms.